The molecule has 0 saturated heterocycles. The van der Waals surface area contributed by atoms with Gasteiger partial charge in [0.15, 0.2) is 0 Å². The Morgan fingerprint density at radius 3 is 2.67 bits per heavy atom. The van der Waals surface area contributed by atoms with Gasteiger partial charge in [0.1, 0.15) is 5.01 Å². The second-order valence-corrected chi connectivity index (χ2v) is 8.39. The first-order valence-electron chi connectivity index (χ1n) is 6.26. The van der Waals surface area contributed by atoms with Crippen molar-refractivity contribution in [2.75, 3.05) is 7.05 Å². The summed E-state index contributed by atoms with van der Waals surface area (Å²) in [5.74, 6) is 0. The standard InChI is InChI=1S/C13H16BrN3O2S2/c1-9-6-16-13(20-9)8-17-21(18,19)12-4-3-10(7-15-2)5-11(12)14/h3-6,15,17H,7-8H2,1-2H3. The number of thiazole rings is 1. The van der Waals surface area contributed by atoms with E-state index in [1.54, 1.807) is 24.4 Å². The van der Waals surface area contributed by atoms with Crippen molar-refractivity contribution in [1.29, 1.82) is 0 Å². The van der Waals surface area contributed by atoms with Crippen molar-refractivity contribution in [3.8, 4) is 0 Å². The Morgan fingerprint density at radius 1 is 1.33 bits per heavy atom. The van der Waals surface area contributed by atoms with Crippen LogP contribution in [0.2, 0.25) is 0 Å². The van der Waals surface area contributed by atoms with Crippen LogP contribution in [0.25, 0.3) is 0 Å². The van der Waals surface area contributed by atoms with Gasteiger partial charge in [-0.1, -0.05) is 6.07 Å². The average Bonchev–Trinajstić information content (AvgIpc) is 2.83. The van der Waals surface area contributed by atoms with Gasteiger partial charge in [-0.15, -0.1) is 11.3 Å². The monoisotopic (exact) mass is 389 g/mol. The highest BCUT2D eigenvalue weighted by atomic mass is 79.9. The lowest BCUT2D eigenvalue weighted by atomic mass is 10.2. The van der Waals surface area contributed by atoms with E-state index in [0.717, 1.165) is 15.4 Å². The molecule has 0 amide bonds. The Bertz CT molecular complexity index is 729. The van der Waals surface area contributed by atoms with Gasteiger partial charge in [0.25, 0.3) is 0 Å². The third kappa shape index (κ3) is 4.33. The largest absolute Gasteiger partial charge is 0.316 e. The number of aromatic nitrogens is 1. The number of rotatable bonds is 6. The summed E-state index contributed by atoms with van der Waals surface area (Å²) in [7, 11) is -1.72. The fourth-order valence-electron chi connectivity index (χ4n) is 1.79. The summed E-state index contributed by atoms with van der Waals surface area (Å²) in [6.45, 7) is 2.82. The van der Waals surface area contributed by atoms with E-state index in [4.69, 9.17) is 0 Å². The molecule has 0 aliphatic carbocycles. The molecule has 114 valence electrons. The third-order valence-electron chi connectivity index (χ3n) is 2.75. The zero-order valence-electron chi connectivity index (χ0n) is 11.7. The minimum Gasteiger partial charge on any atom is -0.316 e. The van der Waals surface area contributed by atoms with Crippen molar-refractivity contribution < 1.29 is 8.42 Å². The van der Waals surface area contributed by atoms with Gasteiger partial charge >= 0.3 is 0 Å². The molecule has 0 aliphatic rings. The fraction of sp³-hybridized carbons (Fsp3) is 0.308. The Morgan fingerprint density at radius 2 is 2.10 bits per heavy atom. The molecule has 0 saturated carbocycles. The van der Waals surface area contributed by atoms with Crippen molar-refractivity contribution in [2.24, 2.45) is 0 Å². The minimum absolute atomic E-state index is 0.200. The molecule has 0 atom stereocenters. The van der Waals surface area contributed by atoms with Crippen molar-refractivity contribution in [3.63, 3.8) is 0 Å². The molecule has 0 aliphatic heterocycles. The molecule has 21 heavy (non-hydrogen) atoms. The lowest BCUT2D eigenvalue weighted by molar-refractivity contribution is 0.580. The van der Waals surface area contributed by atoms with Crippen LogP contribution in [0.1, 0.15) is 15.4 Å². The number of nitrogens with one attached hydrogen (secondary N) is 2. The molecule has 8 heteroatoms. The summed E-state index contributed by atoms with van der Waals surface area (Å²) in [4.78, 5) is 5.43. The molecule has 2 aromatic rings. The van der Waals surface area contributed by atoms with E-state index in [2.05, 4.69) is 31.0 Å². The normalized spacial score (nSPS) is 11.8. The molecular weight excluding hydrogens is 374 g/mol. The first kappa shape index (κ1) is 16.6. The van der Waals surface area contributed by atoms with Crippen molar-refractivity contribution in [3.05, 3.63) is 44.3 Å². The van der Waals surface area contributed by atoms with E-state index in [0.29, 0.717) is 11.0 Å². The van der Waals surface area contributed by atoms with Crippen LogP contribution in [0.3, 0.4) is 0 Å². The molecule has 0 unspecified atom stereocenters. The molecular formula is C13H16BrN3O2S2. The minimum atomic E-state index is -3.56. The number of aryl methyl sites for hydroxylation is 1. The smallest absolute Gasteiger partial charge is 0.242 e. The van der Waals surface area contributed by atoms with Crippen LogP contribution in [0.4, 0.5) is 0 Å². The molecule has 1 aromatic heterocycles. The lowest BCUT2D eigenvalue weighted by Gasteiger charge is -2.09. The van der Waals surface area contributed by atoms with Crippen LogP contribution in [0.5, 0.6) is 0 Å². The quantitative estimate of drug-likeness (QED) is 0.795. The number of benzene rings is 1. The van der Waals surface area contributed by atoms with Crippen LogP contribution in [0.15, 0.2) is 33.8 Å². The summed E-state index contributed by atoms with van der Waals surface area (Å²) >= 11 is 4.80. The van der Waals surface area contributed by atoms with Gasteiger partial charge in [-0.3, -0.25) is 0 Å². The van der Waals surface area contributed by atoms with Gasteiger partial charge in [0.2, 0.25) is 10.0 Å². The first-order chi connectivity index (χ1) is 9.92. The van der Waals surface area contributed by atoms with Crippen LogP contribution < -0.4 is 10.0 Å². The summed E-state index contributed by atoms with van der Waals surface area (Å²) in [6.07, 6.45) is 1.73. The highest BCUT2D eigenvalue weighted by Crippen LogP contribution is 2.23. The zero-order chi connectivity index (χ0) is 15.5. The molecule has 2 N–H and O–H groups in total. The van der Waals surface area contributed by atoms with Crippen LogP contribution in [0, 0.1) is 6.92 Å². The van der Waals surface area contributed by atoms with Crippen LogP contribution in [-0.4, -0.2) is 20.4 Å². The van der Waals surface area contributed by atoms with E-state index in [9.17, 15) is 8.42 Å². The number of hydrogen-bond donors (Lipinski definition) is 2. The van der Waals surface area contributed by atoms with Crippen LogP contribution in [-0.2, 0) is 23.1 Å². The third-order valence-corrected chi connectivity index (χ3v) is 6.04. The predicted molar refractivity (Wildman–Crippen MR) is 87.8 cm³/mol. The Balaban J connectivity index is 2.15. The van der Waals surface area contributed by atoms with Gasteiger partial charge < -0.3 is 5.32 Å². The van der Waals surface area contributed by atoms with Crippen molar-refractivity contribution >= 4 is 37.3 Å². The van der Waals surface area contributed by atoms with Gasteiger partial charge in [0, 0.05) is 22.1 Å². The fourth-order valence-corrected chi connectivity index (χ4v) is 4.72. The molecule has 0 spiro atoms. The summed E-state index contributed by atoms with van der Waals surface area (Å²) in [5.41, 5.74) is 1.01. The molecule has 5 nitrogen and oxygen atoms in total. The van der Waals surface area contributed by atoms with E-state index < -0.39 is 10.0 Å². The number of halogens is 1. The topological polar surface area (TPSA) is 71.1 Å². The van der Waals surface area contributed by atoms with E-state index >= 15 is 0 Å². The van der Waals surface area contributed by atoms with E-state index in [-0.39, 0.29) is 11.4 Å². The first-order valence-corrected chi connectivity index (χ1v) is 9.35. The highest BCUT2D eigenvalue weighted by molar-refractivity contribution is 9.10. The Hall–Kier alpha value is -0.800. The number of hydrogen-bond acceptors (Lipinski definition) is 5. The highest BCUT2D eigenvalue weighted by Gasteiger charge is 2.18. The van der Waals surface area contributed by atoms with E-state index in [1.165, 1.54) is 11.3 Å². The zero-order valence-corrected chi connectivity index (χ0v) is 14.9. The lowest BCUT2D eigenvalue weighted by Crippen LogP contribution is -2.23. The van der Waals surface area contributed by atoms with Crippen molar-refractivity contribution in [1.82, 2.24) is 15.0 Å². The van der Waals surface area contributed by atoms with E-state index in [1.807, 2.05) is 14.0 Å². The number of sulfonamides is 1. The SMILES string of the molecule is CNCc1ccc(S(=O)(=O)NCc2ncc(C)s2)c(Br)c1. The molecule has 1 heterocycles. The van der Waals surface area contributed by atoms with Gasteiger partial charge in [0.05, 0.1) is 11.4 Å². The number of nitrogens with zero attached hydrogens (tertiary/aromatic N) is 1. The van der Waals surface area contributed by atoms with Gasteiger partial charge in [-0.2, -0.15) is 0 Å². The van der Waals surface area contributed by atoms with Gasteiger partial charge in [-0.25, -0.2) is 18.1 Å². The molecule has 0 fully saturated rings. The molecule has 2 rings (SSSR count). The maximum Gasteiger partial charge on any atom is 0.242 e. The summed E-state index contributed by atoms with van der Waals surface area (Å²) in [5, 5.41) is 3.77. The maximum absolute atomic E-state index is 12.3. The van der Waals surface area contributed by atoms with Crippen LogP contribution >= 0.6 is 27.3 Å². The van der Waals surface area contributed by atoms with Crippen molar-refractivity contribution in [2.45, 2.75) is 24.9 Å². The second-order valence-electron chi connectivity index (χ2n) is 4.48. The molecule has 0 radical (unpaired) electrons. The second kappa shape index (κ2) is 6.97. The summed E-state index contributed by atoms with van der Waals surface area (Å²) < 4.78 is 27.8. The predicted octanol–water partition coefficient (Wildman–Crippen LogP) is 2.41. The molecule has 0 bridgehead atoms. The average molecular weight is 390 g/mol. The Labute approximate surface area is 137 Å². The molecule has 1 aromatic carbocycles. The Kier molecular flexibility index (Phi) is 5.50. The maximum atomic E-state index is 12.3. The summed E-state index contributed by atoms with van der Waals surface area (Å²) in [6, 6.07) is 5.20. The van der Waals surface area contributed by atoms with Gasteiger partial charge in [-0.05, 0) is 47.6 Å².